The summed E-state index contributed by atoms with van der Waals surface area (Å²) in [5.74, 6) is -4.01. The van der Waals surface area contributed by atoms with Crippen molar-refractivity contribution in [2.24, 2.45) is 0 Å². The third-order valence-electron chi connectivity index (χ3n) is 3.91. The van der Waals surface area contributed by atoms with Crippen LogP contribution in [0, 0.1) is 6.92 Å². The van der Waals surface area contributed by atoms with Crippen molar-refractivity contribution in [1.82, 2.24) is 0 Å². The molecule has 0 unspecified atom stereocenters. The summed E-state index contributed by atoms with van der Waals surface area (Å²) in [6.45, 7) is 1.35. The number of phenols is 4. The van der Waals surface area contributed by atoms with E-state index >= 15 is 0 Å². The summed E-state index contributed by atoms with van der Waals surface area (Å²) in [7, 11) is 1.20. The molecule has 0 fully saturated rings. The number of phenolic OH excluding ortho intramolecular Hbond substituents is 4. The molecule has 0 saturated carbocycles. The van der Waals surface area contributed by atoms with Gasteiger partial charge >= 0.3 is 0 Å². The highest BCUT2D eigenvalue weighted by Gasteiger charge is 2.40. The van der Waals surface area contributed by atoms with Gasteiger partial charge in [0.05, 0.1) is 29.4 Å². The van der Waals surface area contributed by atoms with Gasteiger partial charge in [0.1, 0.15) is 17.2 Å². The first-order valence-corrected chi connectivity index (χ1v) is 6.58. The molecule has 23 heavy (non-hydrogen) atoms. The standard InChI is InChI=1S/C16H12O7/c1-5-12(19)10-11(16(23-2)13(5)20)15(22)9-7(18)4-3-6(17)8(9)14(10)21/h3-4,17-20H,1-2H3. The quantitative estimate of drug-likeness (QED) is 0.503. The lowest BCUT2D eigenvalue weighted by molar-refractivity contribution is 0.0968. The molecule has 118 valence electrons. The van der Waals surface area contributed by atoms with E-state index in [-0.39, 0.29) is 22.4 Å². The monoisotopic (exact) mass is 316 g/mol. The number of methoxy groups -OCH3 is 1. The fourth-order valence-electron chi connectivity index (χ4n) is 2.75. The van der Waals surface area contributed by atoms with E-state index in [1.54, 1.807) is 0 Å². The van der Waals surface area contributed by atoms with Crippen LogP contribution in [-0.4, -0.2) is 39.1 Å². The van der Waals surface area contributed by atoms with Crippen LogP contribution in [0.1, 0.15) is 37.4 Å². The molecule has 0 saturated heterocycles. The zero-order valence-electron chi connectivity index (χ0n) is 12.2. The van der Waals surface area contributed by atoms with Crippen molar-refractivity contribution in [2.75, 3.05) is 7.11 Å². The predicted molar refractivity (Wildman–Crippen MR) is 77.7 cm³/mol. The number of rotatable bonds is 1. The van der Waals surface area contributed by atoms with E-state index in [4.69, 9.17) is 4.74 Å². The number of benzene rings is 2. The summed E-state index contributed by atoms with van der Waals surface area (Å²) in [5.41, 5.74) is -1.57. The van der Waals surface area contributed by atoms with Crippen molar-refractivity contribution in [3.8, 4) is 28.7 Å². The van der Waals surface area contributed by atoms with Gasteiger partial charge in [-0.3, -0.25) is 9.59 Å². The lowest BCUT2D eigenvalue weighted by Crippen LogP contribution is -2.22. The molecule has 0 aliphatic heterocycles. The van der Waals surface area contributed by atoms with Crippen molar-refractivity contribution in [3.05, 3.63) is 39.9 Å². The Balaban J connectivity index is 2.50. The van der Waals surface area contributed by atoms with E-state index in [9.17, 15) is 30.0 Å². The van der Waals surface area contributed by atoms with Crippen LogP contribution in [0.2, 0.25) is 0 Å². The molecular formula is C16H12O7. The fraction of sp³-hybridized carbons (Fsp3) is 0.125. The van der Waals surface area contributed by atoms with Crippen LogP contribution in [0.3, 0.4) is 0 Å². The maximum absolute atomic E-state index is 12.7. The SMILES string of the molecule is COc1c(O)c(C)c(O)c2c1C(=O)c1c(O)ccc(O)c1C2=O. The Hall–Kier alpha value is -3.22. The fourth-order valence-corrected chi connectivity index (χ4v) is 2.75. The van der Waals surface area contributed by atoms with Gasteiger partial charge < -0.3 is 25.2 Å². The number of ketones is 2. The van der Waals surface area contributed by atoms with Crippen molar-refractivity contribution in [3.63, 3.8) is 0 Å². The zero-order valence-corrected chi connectivity index (χ0v) is 12.2. The molecule has 0 heterocycles. The van der Waals surface area contributed by atoms with E-state index in [1.165, 1.54) is 14.0 Å². The van der Waals surface area contributed by atoms with Crippen molar-refractivity contribution >= 4 is 11.6 Å². The Morgan fingerprint density at radius 3 is 1.74 bits per heavy atom. The highest BCUT2D eigenvalue weighted by atomic mass is 16.5. The first-order chi connectivity index (χ1) is 10.8. The average Bonchev–Trinajstić information content (AvgIpc) is 2.52. The summed E-state index contributed by atoms with van der Waals surface area (Å²) in [6, 6.07) is 2.15. The lowest BCUT2D eigenvalue weighted by Gasteiger charge is -2.23. The lowest BCUT2D eigenvalue weighted by atomic mass is 9.81. The first kappa shape index (κ1) is 14.7. The number of aromatic hydroxyl groups is 4. The largest absolute Gasteiger partial charge is 0.507 e. The van der Waals surface area contributed by atoms with Crippen molar-refractivity contribution < 1.29 is 34.8 Å². The molecule has 1 aliphatic rings. The maximum Gasteiger partial charge on any atom is 0.202 e. The van der Waals surface area contributed by atoms with Crippen LogP contribution in [-0.2, 0) is 0 Å². The number of carbonyl (C=O) groups is 2. The third-order valence-corrected chi connectivity index (χ3v) is 3.91. The minimum Gasteiger partial charge on any atom is -0.507 e. The molecule has 2 aromatic carbocycles. The Morgan fingerprint density at radius 2 is 1.26 bits per heavy atom. The van der Waals surface area contributed by atoms with Gasteiger partial charge in [0.15, 0.2) is 11.5 Å². The topological polar surface area (TPSA) is 124 Å². The van der Waals surface area contributed by atoms with Gasteiger partial charge in [-0.05, 0) is 19.1 Å². The maximum atomic E-state index is 12.7. The van der Waals surface area contributed by atoms with Crippen molar-refractivity contribution in [1.29, 1.82) is 0 Å². The normalized spacial score (nSPS) is 12.8. The zero-order chi connectivity index (χ0) is 17.0. The average molecular weight is 316 g/mol. The van der Waals surface area contributed by atoms with Crippen LogP contribution in [0.15, 0.2) is 12.1 Å². The first-order valence-electron chi connectivity index (χ1n) is 6.58. The van der Waals surface area contributed by atoms with Gasteiger partial charge in [-0.25, -0.2) is 0 Å². The minimum atomic E-state index is -0.845. The van der Waals surface area contributed by atoms with E-state index in [2.05, 4.69) is 0 Å². The molecule has 0 spiro atoms. The van der Waals surface area contributed by atoms with E-state index < -0.39 is 45.7 Å². The second-order valence-electron chi connectivity index (χ2n) is 5.12. The van der Waals surface area contributed by atoms with Gasteiger partial charge in [-0.15, -0.1) is 0 Å². The molecule has 2 aromatic rings. The summed E-state index contributed by atoms with van der Waals surface area (Å²) in [6.07, 6.45) is 0. The Kier molecular flexibility index (Phi) is 2.97. The Morgan fingerprint density at radius 1 is 0.783 bits per heavy atom. The minimum absolute atomic E-state index is 0.0372. The number of hydrogen-bond donors (Lipinski definition) is 4. The molecule has 1 aliphatic carbocycles. The van der Waals surface area contributed by atoms with Crippen LogP contribution in [0.5, 0.6) is 28.7 Å². The molecule has 0 radical (unpaired) electrons. The molecule has 0 aromatic heterocycles. The molecule has 7 nitrogen and oxygen atoms in total. The molecule has 7 heteroatoms. The smallest absolute Gasteiger partial charge is 0.202 e. The second-order valence-corrected chi connectivity index (χ2v) is 5.12. The van der Waals surface area contributed by atoms with Crippen LogP contribution < -0.4 is 4.74 Å². The van der Waals surface area contributed by atoms with Crippen LogP contribution in [0.25, 0.3) is 0 Å². The van der Waals surface area contributed by atoms with E-state index in [1.807, 2.05) is 0 Å². The molecule has 0 bridgehead atoms. The van der Waals surface area contributed by atoms with Crippen LogP contribution >= 0.6 is 0 Å². The van der Waals surface area contributed by atoms with Gasteiger partial charge in [0.2, 0.25) is 11.6 Å². The summed E-state index contributed by atoms with van der Waals surface area (Å²) >= 11 is 0. The molecule has 4 N–H and O–H groups in total. The van der Waals surface area contributed by atoms with Gasteiger partial charge in [0, 0.05) is 5.56 Å². The number of ether oxygens (including phenoxy) is 1. The van der Waals surface area contributed by atoms with Gasteiger partial charge in [0.25, 0.3) is 0 Å². The Bertz CT molecular complexity index is 896. The van der Waals surface area contributed by atoms with Crippen LogP contribution in [0.4, 0.5) is 0 Å². The highest BCUT2D eigenvalue weighted by Crippen LogP contribution is 2.48. The molecular weight excluding hydrogens is 304 g/mol. The second kappa shape index (κ2) is 4.64. The van der Waals surface area contributed by atoms with Gasteiger partial charge in [-0.1, -0.05) is 0 Å². The molecule has 0 amide bonds. The third kappa shape index (κ3) is 1.70. The summed E-state index contributed by atoms with van der Waals surface area (Å²) in [5, 5.41) is 40.0. The van der Waals surface area contributed by atoms with Crippen molar-refractivity contribution in [2.45, 2.75) is 6.92 Å². The predicted octanol–water partition coefficient (Wildman–Crippen LogP) is 1.60. The van der Waals surface area contributed by atoms with E-state index in [0.29, 0.717) is 0 Å². The summed E-state index contributed by atoms with van der Waals surface area (Å²) in [4.78, 5) is 25.4. The molecule has 3 rings (SSSR count). The Labute approximate surface area is 130 Å². The summed E-state index contributed by atoms with van der Waals surface area (Å²) < 4.78 is 5.00. The number of carbonyl (C=O) groups excluding carboxylic acids is 2. The highest BCUT2D eigenvalue weighted by molar-refractivity contribution is 6.32. The van der Waals surface area contributed by atoms with E-state index in [0.717, 1.165) is 12.1 Å². The van der Waals surface area contributed by atoms with Gasteiger partial charge in [-0.2, -0.15) is 0 Å². The molecule has 0 atom stereocenters. The number of fused-ring (bicyclic) bond motifs is 2. The number of hydrogen-bond acceptors (Lipinski definition) is 7.